The maximum absolute atomic E-state index is 11.9. The molecule has 1 amide bonds. The molecule has 21 heavy (non-hydrogen) atoms. The second-order valence-electron chi connectivity index (χ2n) is 5.68. The van der Waals surface area contributed by atoms with E-state index < -0.39 is 0 Å². The highest BCUT2D eigenvalue weighted by molar-refractivity contribution is 8.00. The summed E-state index contributed by atoms with van der Waals surface area (Å²) >= 11 is 7.46. The van der Waals surface area contributed by atoms with E-state index in [1.54, 1.807) is 0 Å². The number of nitrogens with zero attached hydrogens (tertiary/aromatic N) is 1. The van der Waals surface area contributed by atoms with Gasteiger partial charge in [0.25, 0.3) is 0 Å². The number of benzene rings is 1. The van der Waals surface area contributed by atoms with Crippen LogP contribution < -0.4 is 5.32 Å². The summed E-state index contributed by atoms with van der Waals surface area (Å²) in [5, 5.41) is 10.5. The molecule has 2 rings (SSSR count). The van der Waals surface area contributed by atoms with Gasteiger partial charge in [-0.2, -0.15) is 5.10 Å². The molecule has 2 aromatic rings. The molecule has 0 spiro atoms. The quantitative estimate of drug-likeness (QED) is 0.833. The number of aromatic amines is 1. The average molecular weight is 324 g/mol. The molecule has 0 radical (unpaired) electrons. The maximum Gasteiger partial charge on any atom is 0.235 e. The van der Waals surface area contributed by atoms with Crippen LogP contribution in [0.25, 0.3) is 0 Å². The van der Waals surface area contributed by atoms with Gasteiger partial charge in [0.05, 0.1) is 10.8 Å². The molecule has 0 unspecified atom stereocenters. The lowest BCUT2D eigenvalue weighted by Crippen LogP contribution is -2.14. The zero-order chi connectivity index (χ0) is 15.5. The first kappa shape index (κ1) is 15.9. The lowest BCUT2D eigenvalue weighted by molar-refractivity contribution is -0.113. The van der Waals surface area contributed by atoms with Crippen molar-refractivity contribution in [2.24, 2.45) is 0 Å². The van der Waals surface area contributed by atoms with Gasteiger partial charge >= 0.3 is 0 Å². The molecule has 0 bridgehead atoms. The molecular weight excluding hydrogens is 306 g/mol. The minimum absolute atomic E-state index is 0.0255. The molecule has 112 valence electrons. The van der Waals surface area contributed by atoms with Crippen molar-refractivity contribution in [2.45, 2.75) is 31.1 Å². The van der Waals surface area contributed by atoms with Crippen LogP contribution in [0.4, 0.5) is 5.82 Å². The Hall–Kier alpha value is -1.46. The van der Waals surface area contributed by atoms with Gasteiger partial charge in [-0.25, -0.2) is 0 Å². The second kappa shape index (κ2) is 6.54. The van der Waals surface area contributed by atoms with Crippen molar-refractivity contribution in [1.82, 2.24) is 10.2 Å². The Balaban J connectivity index is 1.90. The molecule has 0 saturated heterocycles. The summed E-state index contributed by atoms with van der Waals surface area (Å²) in [6, 6.07) is 9.33. The summed E-state index contributed by atoms with van der Waals surface area (Å²) in [4.78, 5) is 12.8. The van der Waals surface area contributed by atoms with Crippen LogP contribution in [0.5, 0.6) is 0 Å². The molecule has 0 aliphatic carbocycles. The minimum atomic E-state index is -0.105. The first-order chi connectivity index (χ1) is 9.86. The van der Waals surface area contributed by atoms with Crippen molar-refractivity contribution in [3.8, 4) is 0 Å². The van der Waals surface area contributed by atoms with Gasteiger partial charge in [-0.3, -0.25) is 9.89 Å². The number of rotatable bonds is 4. The van der Waals surface area contributed by atoms with Gasteiger partial charge in [0.1, 0.15) is 0 Å². The fourth-order valence-corrected chi connectivity index (χ4v) is 2.69. The number of nitrogens with one attached hydrogen (secondary N) is 2. The van der Waals surface area contributed by atoms with Crippen LogP contribution in [0, 0.1) is 0 Å². The summed E-state index contributed by atoms with van der Waals surface area (Å²) in [6.45, 7) is 6.25. The highest BCUT2D eigenvalue weighted by Crippen LogP contribution is 2.26. The van der Waals surface area contributed by atoms with Gasteiger partial charge in [-0.05, 0) is 12.1 Å². The van der Waals surface area contributed by atoms with Crippen LogP contribution in [-0.2, 0) is 10.2 Å². The third kappa shape index (κ3) is 4.51. The minimum Gasteiger partial charge on any atom is -0.308 e. The number of anilines is 1. The highest BCUT2D eigenvalue weighted by Gasteiger charge is 2.17. The first-order valence-corrected chi connectivity index (χ1v) is 7.95. The number of aromatic nitrogens is 2. The molecule has 1 heterocycles. The van der Waals surface area contributed by atoms with E-state index in [1.807, 2.05) is 30.3 Å². The van der Waals surface area contributed by atoms with Gasteiger partial charge in [0.2, 0.25) is 5.91 Å². The molecule has 0 saturated carbocycles. The Labute approximate surface area is 133 Å². The van der Waals surface area contributed by atoms with Crippen molar-refractivity contribution in [3.63, 3.8) is 0 Å². The monoisotopic (exact) mass is 323 g/mol. The van der Waals surface area contributed by atoms with Crippen LogP contribution in [0.1, 0.15) is 26.5 Å². The fraction of sp³-hybridized carbons (Fsp3) is 0.333. The molecule has 0 fully saturated rings. The van der Waals surface area contributed by atoms with Gasteiger partial charge in [-0.15, -0.1) is 11.8 Å². The van der Waals surface area contributed by atoms with Crippen molar-refractivity contribution in [2.75, 3.05) is 11.1 Å². The molecule has 4 nitrogen and oxygen atoms in total. The summed E-state index contributed by atoms with van der Waals surface area (Å²) < 4.78 is 0. The first-order valence-electron chi connectivity index (χ1n) is 6.59. The van der Waals surface area contributed by atoms with Crippen LogP contribution in [0.15, 0.2) is 35.2 Å². The molecular formula is C15H18ClN3OS. The normalized spacial score (nSPS) is 11.4. The molecule has 0 aliphatic rings. The third-order valence-corrected chi connectivity index (χ3v) is 4.36. The van der Waals surface area contributed by atoms with E-state index in [1.165, 1.54) is 11.8 Å². The topological polar surface area (TPSA) is 57.8 Å². The smallest absolute Gasteiger partial charge is 0.235 e. The van der Waals surface area contributed by atoms with Crippen molar-refractivity contribution < 1.29 is 4.79 Å². The number of hydrogen-bond acceptors (Lipinski definition) is 3. The SMILES string of the molecule is CC(C)(C)c1cc(NC(=O)CSc2ccccc2Cl)n[nH]1. The van der Waals surface area contributed by atoms with Crippen LogP contribution in [0.3, 0.4) is 0 Å². The zero-order valence-electron chi connectivity index (χ0n) is 12.2. The predicted molar refractivity (Wildman–Crippen MR) is 88.1 cm³/mol. The van der Waals surface area contributed by atoms with E-state index in [2.05, 4.69) is 36.3 Å². The number of thioether (sulfide) groups is 1. The van der Waals surface area contributed by atoms with Crippen LogP contribution >= 0.6 is 23.4 Å². The van der Waals surface area contributed by atoms with E-state index in [-0.39, 0.29) is 11.3 Å². The van der Waals surface area contributed by atoms with Gasteiger partial charge in [0.15, 0.2) is 5.82 Å². The number of carbonyl (C=O) groups excluding carboxylic acids is 1. The van der Waals surface area contributed by atoms with Gasteiger partial charge < -0.3 is 5.32 Å². The summed E-state index contributed by atoms with van der Waals surface area (Å²) in [6.07, 6.45) is 0. The number of H-pyrrole nitrogens is 1. The number of hydrogen-bond donors (Lipinski definition) is 2. The Morgan fingerprint density at radius 2 is 2.10 bits per heavy atom. The molecule has 0 aliphatic heterocycles. The Morgan fingerprint density at radius 1 is 1.38 bits per heavy atom. The highest BCUT2D eigenvalue weighted by atomic mass is 35.5. The Bertz CT molecular complexity index is 634. The van der Waals surface area contributed by atoms with E-state index in [4.69, 9.17) is 11.6 Å². The molecule has 1 aromatic carbocycles. The maximum atomic E-state index is 11.9. The lowest BCUT2D eigenvalue weighted by Gasteiger charge is -2.14. The standard InChI is InChI=1S/C15H18ClN3OS/c1-15(2,3)12-8-13(19-18-12)17-14(20)9-21-11-7-5-4-6-10(11)16/h4-8H,9H2,1-3H3,(H2,17,18,19,20). The summed E-state index contributed by atoms with van der Waals surface area (Å²) in [5.41, 5.74) is 0.957. The van der Waals surface area contributed by atoms with Crippen molar-refractivity contribution in [1.29, 1.82) is 0 Å². The Kier molecular flexibility index (Phi) is 4.96. The third-order valence-electron chi connectivity index (χ3n) is 2.85. The van der Waals surface area contributed by atoms with E-state index >= 15 is 0 Å². The Morgan fingerprint density at radius 3 is 2.71 bits per heavy atom. The predicted octanol–water partition coefficient (Wildman–Crippen LogP) is 4.09. The lowest BCUT2D eigenvalue weighted by atomic mass is 9.92. The second-order valence-corrected chi connectivity index (χ2v) is 7.11. The van der Waals surface area contributed by atoms with Gasteiger partial charge in [-0.1, -0.05) is 44.5 Å². The summed E-state index contributed by atoms with van der Waals surface area (Å²) in [7, 11) is 0. The van der Waals surface area contributed by atoms with Crippen molar-refractivity contribution in [3.05, 3.63) is 41.0 Å². The number of carbonyl (C=O) groups is 1. The molecule has 6 heteroatoms. The number of halogens is 1. The van der Waals surface area contributed by atoms with Gasteiger partial charge in [0, 0.05) is 22.1 Å². The molecule has 0 atom stereocenters. The number of amides is 1. The molecule has 2 N–H and O–H groups in total. The van der Waals surface area contributed by atoms with E-state index in [0.717, 1.165) is 10.6 Å². The van der Waals surface area contributed by atoms with E-state index in [9.17, 15) is 4.79 Å². The van der Waals surface area contributed by atoms with Crippen LogP contribution in [0.2, 0.25) is 5.02 Å². The molecule has 1 aromatic heterocycles. The average Bonchev–Trinajstić information content (AvgIpc) is 2.86. The van der Waals surface area contributed by atoms with E-state index in [0.29, 0.717) is 16.6 Å². The summed E-state index contributed by atoms with van der Waals surface area (Å²) in [5.74, 6) is 0.734. The van der Waals surface area contributed by atoms with Crippen LogP contribution in [-0.4, -0.2) is 21.9 Å². The zero-order valence-corrected chi connectivity index (χ0v) is 13.8. The largest absolute Gasteiger partial charge is 0.308 e. The van der Waals surface area contributed by atoms with Crippen molar-refractivity contribution >= 4 is 35.1 Å². The fourth-order valence-electron chi connectivity index (χ4n) is 1.65.